The summed E-state index contributed by atoms with van der Waals surface area (Å²) < 4.78 is 52.7. The molecule has 1 unspecified atom stereocenters. The molecular weight excluding hydrogens is 527 g/mol. The third-order valence-corrected chi connectivity index (χ3v) is 6.16. The van der Waals surface area contributed by atoms with Crippen molar-refractivity contribution in [1.82, 2.24) is 14.9 Å². The summed E-state index contributed by atoms with van der Waals surface area (Å²) >= 11 is 0. The van der Waals surface area contributed by atoms with Crippen LogP contribution in [0, 0.1) is 11.6 Å². The van der Waals surface area contributed by atoms with Gasteiger partial charge in [0.05, 0.1) is 6.26 Å². The molecule has 7 nitrogen and oxygen atoms in total. The Morgan fingerprint density at radius 2 is 1.97 bits per heavy atom. The Morgan fingerprint density at radius 3 is 2.53 bits per heavy atom. The quantitative estimate of drug-likeness (QED) is 0.211. The predicted molar refractivity (Wildman–Crippen MR) is 128 cm³/mol. The number of benzene rings is 1. The van der Waals surface area contributed by atoms with E-state index in [9.17, 15) is 17.2 Å². The summed E-state index contributed by atoms with van der Waals surface area (Å²) in [6.07, 6.45) is 2.54. The van der Waals surface area contributed by atoms with E-state index in [2.05, 4.69) is 15.6 Å². The highest BCUT2D eigenvalue weighted by molar-refractivity contribution is 14.0. The van der Waals surface area contributed by atoms with Gasteiger partial charge in [-0.1, -0.05) is 13.0 Å². The molecule has 1 atom stereocenters. The van der Waals surface area contributed by atoms with Crippen LogP contribution in [0.1, 0.15) is 26.7 Å². The largest absolute Gasteiger partial charge is 0.365 e. The van der Waals surface area contributed by atoms with Crippen LogP contribution in [0.2, 0.25) is 0 Å². The Bertz CT molecular complexity index is 790. The Hall–Kier alpha value is -1.21. The minimum absolute atomic E-state index is 0. The number of sulfonamides is 1. The monoisotopic (exact) mass is 559 g/mol. The van der Waals surface area contributed by atoms with E-state index in [0.29, 0.717) is 51.6 Å². The van der Waals surface area contributed by atoms with Gasteiger partial charge in [0.2, 0.25) is 10.0 Å². The van der Waals surface area contributed by atoms with Gasteiger partial charge >= 0.3 is 0 Å². The Kier molecular flexibility index (Phi) is 11.3. The number of aliphatic imine (C=N–C) groups is 1. The smallest absolute Gasteiger partial charge is 0.211 e. The average molecular weight is 559 g/mol. The number of guanidine groups is 1. The van der Waals surface area contributed by atoms with Crippen molar-refractivity contribution in [2.24, 2.45) is 4.99 Å². The molecule has 1 aromatic carbocycles. The number of hydrogen-bond donors (Lipinski definition) is 2. The first-order valence-electron chi connectivity index (χ1n) is 9.95. The molecule has 2 N–H and O–H groups in total. The number of para-hydroxylation sites is 1. The van der Waals surface area contributed by atoms with Crippen molar-refractivity contribution in [3.05, 3.63) is 29.8 Å². The molecule has 0 saturated carbocycles. The first-order valence-corrected chi connectivity index (χ1v) is 11.8. The fraction of sp³-hybridized carbons (Fsp3) is 0.632. The second-order valence-electron chi connectivity index (χ2n) is 7.02. The van der Waals surface area contributed by atoms with Crippen LogP contribution in [0.5, 0.6) is 0 Å². The summed E-state index contributed by atoms with van der Waals surface area (Å²) in [5.41, 5.74) is 0.0131. The standard InChI is InChI=1S/C19H31F2N5O2S.HI/c1-4-22-19(23-11-7-12-26(5-2)29(3,27)28)24-15-10-13-25(14-15)18-16(20)8-6-9-17(18)21;/h6,8-9,15H,4-5,7,10-14H2,1-3H3,(H2,22,23,24);1H. The van der Waals surface area contributed by atoms with Crippen LogP contribution in [-0.4, -0.2) is 70.2 Å². The molecule has 1 aliphatic rings. The van der Waals surface area contributed by atoms with Gasteiger partial charge in [0.1, 0.15) is 17.3 Å². The molecule has 172 valence electrons. The summed E-state index contributed by atoms with van der Waals surface area (Å²) in [6, 6.07) is 3.90. The number of nitrogens with zero attached hydrogens (tertiary/aromatic N) is 3. The van der Waals surface area contributed by atoms with Crippen molar-refractivity contribution in [2.45, 2.75) is 32.7 Å². The molecule has 11 heteroatoms. The number of rotatable bonds is 9. The van der Waals surface area contributed by atoms with Crippen molar-refractivity contribution < 1.29 is 17.2 Å². The highest BCUT2D eigenvalue weighted by Crippen LogP contribution is 2.26. The molecule has 0 bridgehead atoms. The topological polar surface area (TPSA) is 77.0 Å². The lowest BCUT2D eigenvalue weighted by molar-refractivity contribution is 0.427. The van der Waals surface area contributed by atoms with E-state index in [1.807, 2.05) is 6.92 Å². The van der Waals surface area contributed by atoms with Gasteiger partial charge in [-0.3, -0.25) is 4.99 Å². The number of hydrogen-bond acceptors (Lipinski definition) is 4. The molecule has 0 radical (unpaired) electrons. The second-order valence-corrected chi connectivity index (χ2v) is 9.00. The van der Waals surface area contributed by atoms with Gasteiger partial charge in [0.25, 0.3) is 0 Å². The van der Waals surface area contributed by atoms with Gasteiger partial charge in [0, 0.05) is 45.3 Å². The SMILES string of the molecule is CCNC(=NCCCN(CC)S(C)(=O)=O)NC1CCN(c2c(F)cccc2F)C1.I. The Labute approximate surface area is 195 Å². The van der Waals surface area contributed by atoms with Crippen LogP contribution in [0.15, 0.2) is 23.2 Å². The second kappa shape index (κ2) is 12.6. The van der Waals surface area contributed by atoms with Crippen LogP contribution in [0.25, 0.3) is 0 Å². The maximum absolute atomic E-state index is 14.0. The number of anilines is 1. The van der Waals surface area contributed by atoms with E-state index in [4.69, 9.17) is 0 Å². The number of halogens is 3. The van der Waals surface area contributed by atoms with Crippen molar-refractivity contribution in [3.8, 4) is 0 Å². The Morgan fingerprint density at radius 1 is 1.30 bits per heavy atom. The van der Waals surface area contributed by atoms with Crippen LogP contribution in [0.3, 0.4) is 0 Å². The maximum atomic E-state index is 14.0. The van der Waals surface area contributed by atoms with Crippen molar-refractivity contribution in [2.75, 3.05) is 50.4 Å². The fourth-order valence-electron chi connectivity index (χ4n) is 3.38. The minimum Gasteiger partial charge on any atom is -0.365 e. The predicted octanol–water partition coefficient (Wildman–Crippen LogP) is 2.39. The van der Waals surface area contributed by atoms with Crippen molar-refractivity contribution in [1.29, 1.82) is 0 Å². The van der Waals surface area contributed by atoms with Gasteiger partial charge in [-0.05, 0) is 31.9 Å². The molecule has 1 saturated heterocycles. The molecule has 1 aliphatic heterocycles. The highest BCUT2D eigenvalue weighted by Gasteiger charge is 2.27. The lowest BCUT2D eigenvalue weighted by atomic mass is 10.2. The number of nitrogens with one attached hydrogen (secondary N) is 2. The third-order valence-electron chi connectivity index (χ3n) is 4.78. The average Bonchev–Trinajstić information content (AvgIpc) is 3.08. The van der Waals surface area contributed by atoms with Crippen LogP contribution >= 0.6 is 24.0 Å². The van der Waals surface area contributed by atoms with Gasteiger partial charge in [-0.2, -0.15) is 0 Å². The van der Waals surface area contributed by atoms with Gasteiger partial charge in [-0.15, -0.1) is 24.0 Å². The van der Waals surface area contributed by atoms with Gasteiger partial charge in [-0.25, -0.2) is 21.5 Å². The lowest BCUT2D eigenvalue weighted by Gasteiger charge is -2.21. The molecule has 2 rings (SSSR count). The zero-order valence-electron chi connectivity index (χ0n) is 17.7. The molecule has 1 aromatic rings. The molecule has 30 heavy (non-hydrogen) atoms. The normalized spacial score (nSPS) is 17.2. The summed E-state index contributed by atoms with van der Waals surface area (Å²) in [5.74, 6) is -0.495. The third kappa shape index (κ3) is 7.80. The van der Waals surface area contributed by atoms with E-state index in [1.54, 1.807) is 11.8 Å². The van der Waals surface area contributed by atoms with Crippen molar-refractivity contribution >= 4 is 45.6 Å². The molecule has 1 heterocycles. The van der Waals surface area contributed by atoms with Crippen LogP contribution in [-0.2, 0) is 10.0 Å². The van der Waals surface area contributed by atoms with E-state index in [1.165, 1.54) is 28.8 Å². The molecule has 0 spiro atoms. The van der Waals surface area contributed by atoms with Crippen LogP contribution in [0.4, 0.5) is 14.5 Å². The summed E-state index contributed by atoms with van der Waals surface area (Å²) in [6.45, 7) is 6.78. The highest BCUT2D eigenvalue weighted by atomic mass is 127. The summed E-state index contributed by atoms with van der Waals surface area (Å²) in [7, 11) is -3.20. The van der Waals surface area contributed by atoms with E-state index >= 15 is 0 Å². The van der Waals surface area contributed by atoms with Gasteiger partial charge in [0.15, 0.2) is 5.96 Å². The van der Waals surface area contributed by atoms with E-state index < -0.39 is 21.7 Å². The van der Waals surface area contributed by atoms with E-state index in [0.717, 1.165) is 6.42 Å². The summed E-state index contributed by atoms with van der Waals surface area (Å²) in [5, 5.41) is 6.47. The maximum Gasteiger partial charge on any atom is 0.211 e. The molecule has 0 aliphatic carbocycles. The lowest BCUT2D eigenvalue weighted by Crippen LogP contribution is -2.44. The zero-order chi connectivity index (χ0) is 21.4. The van der Waals surface area contributed by atoms with Gasteiger partial charge < -0.3 is 15.5 Å². The molecule has 1 fully saturated rings. The summed E-state index contributed by atoms with van der Waals surface area (Å²) in [4.78, 5) is 6.21. The van der Waals surface area contributed by atoms with E-state index in [-0.39, 0.29) is 35.7 Å². The van der Waals surface area contributed by atoms with Crippen molar-refractivity contribution in [3.63, 3.8) is 0 Å². The first-order chi connectivity index (χ1) is 13.8. The van der Waals surface area contributed by atoms with Crippen LogP contribution < -0.4 is 15.5 Å². The molecule has 0 amide bonds. The Balaban J connectivity index is 0.00000450. The minimum atomic E-state index is -3.20. The fourth-order valence-corrected chi connectivity index (χ4v) is 4.31. The molecular formula is C19H32F2IN5O2S. The first kappa shape index (κ1) is 26.8. The molecule has 0 aromatic heterocycles. The zero-order valence-corrected chi connectivity index (χ0v) is 20.8.